The van der Waals surface area contributed by atoms with E-state index in [0.717, 1.165) is 6.42 Å². The predicted molar refractivity (Wildman–Crippen MR) is 76.3 cm³/mol. The molecule has 0 aliphatic heterocycles. The lowest BCUT2D eigenvalue weighted by Crippen LogP contribution is -2.36. The normalized spacial score (nSPS) is 23.2. The van der Waals surface area contributed by atoms with Gasteiger partial charge < -0.3 is 11.1 Å². The van der Waals surface area contributed by atoms with E-state index in [2.05, 4.69) is 17.4 Å². The molecule has 1 aliphatic carbocycles. The van der Waals surface area contributed by atoms with Gasteiger partial charge in [0.1, 0.15) is 0 Å². The first kappa shape index (κ1) is 13.0. The highest BCUT2D eigenvalue weighted by Crippen LogP contribution is 2.47. The number of carbonyl (C=O) groups excluding carboxylic acids is 1. The van der Waals surface area contributed by atoms with E-state index in [1.54, 1.807) is 0 Å². The van der Waals surface area contributed by atoms with E-state index >= 15 is 0 Å². The standard InChI is InChI=1S/C14H18N2OS/c1-9(7-13(15)18)16-14(17)12-8-11(12)10-5-3-2-4-6-10/h2-6,9,11-12H,7-8H2,1H3,(H2,15,18)(H,16,17). The molecule has 3 nitrogen and oxygen atoms in total. The van der Waals surface area contributed by atoms with E-state index in [4.69, 9.17) is 18.0 Å². The van der Waals surface area contributed by atoms with Crippen LogP contribution in [-0.2, 0) is 4.79 Å². The van der Waals surface area contributed by atoms with Crippen molar-refractivity contribution < 1.29 is 4.79 Å². The van der Waals surface area contributed by atoms with Gasteiger partial charge in [-0.1, -0.05) is 42.5 Å². The average Bonchev–Trinajstić information content (AvgIpc) is 3.08. The number of nitrogens with two attached hydrogens (primary N) is 1. The number of rotatable bonds is 5. The molecule has 0 bridgehead atoms. The van der Waals surface area contributed by atoms with Crippen molar-refractivity contribution in [2.45, 2.75) is 31.7 Å². The molecule has 1 aromatic rings. The Morgan fingerprint density at radius 1 is 1.50 bits per heavy atom. The molecule has 0 aromatic heterocycles. The maximum absolute atomic E-state index is 12.0. The van der Waals surface area contributed by atoms with Crippen molar-refractivity contribution in [3.8, 4) is 0 Å². The van der Waals surface area contributed by atoms with Gasteiger partial charge in [-0.3, -0.25) is 4.79 Å². The second-order valence-electron chi connectivity index (χ2n) is 4.94. The first-order chi connectivity index (χ1) is 8.58. The Morgan fingerprint density at radius 3 is 2.78 bits per heavy atom. The summed E-state index contributed by atoms with van der Waals surface area (Å²) in [5.74, 6) is 0.608. The van der Waals surface area contributed by atoms with Crippen molar-refractivity contribution in [2.75, 3.05) is 0 Å². The lowest BCUT2D eigenvalue weighted by molar-refractivity contribution is -0.122. The largest absolute Gasteiger partial charge is 0.393 e. The van der Waals surface area contributed by atoms with Gasteiger partial charge in [0.2, 0.25) is 5.91 Å². The average molecular weight is 262 g/mol. The molecule has 0 saturated heterocycles. The van der Waals surface area contributed by atoms with Crippen LogP contribution in [0.4, 0.5) is 0 Å². The molecule has 3 unspecified atom stereocenters. The summed E-state index contributed by atoms with van der Waals surface area (Å²) in [6, 6.07) is 10.2. The fraction of sp³-hybridized carbons (Fsp3) is 0.429. The van der Waals surface area contributed by atoms with Gasteiger partial charge in [0.15, 0.2) is 0 Å². The molecule has 2 rings (SSSR count). The van der Waals surface area contributed by atoms with E-state index in [-0.39, 0.29) is 17.9 Å². The highest BCUT2D eigenvalue weighted by Gasteiger charge is 2.43. The number of thiocarbonyl (C=S) groups is 1. The van der Waals surface area contributed by atoms with E-state index in [9.17, 15) is 4.79 Å². The van der Waals surface area contributed by atoms with Crippen molar-refractivity contribution in [3.05, 3.63) is 35.9 Å². The Balaban J connectivity index is 1.84. The summed E-state index contributed by atoms with van der Waals surface area (Å²) in [6.45, 7) is 1.93. The molecule has 1 aromatic carbocycles. The molecule has 18 heavy (non-hydrogen) atoms. The van der Waals surface area contributed by atoms with Crippen molar-refractivity contribution in [3.63, 3.8) is 0 Å². The Labute approximate surface area is 113 Å². The third kappa shape index (κ3) is 3.29. The lowest BCUT2D eigenvalue weighted by atomic mass is 10.1. The molecule has 96 valence electrons. The van der Waals surface area contributed by atoms with Crippen molar-refractivity contribution in [1.29, 1.82) is 0 Å². The van der Waals surface area contributed by atoms with Crippen LogP contribution in [0.1, 0.15) is 31.2 Å². The van der Waals surface area contributed by atoms with Gasteiger partial charge in [0.05, 0.1) is 4.99 Å². The number of amides is 1. The summed E-state index contributed by atoms with van der Waals surface area (Å²) in [4.78, 5) is 12.4. The van der Waals surface area contributed by atoms with Crippen molar-refractivity contribution in [1.82, 2.24) is 5.32 Å². The van der Waals surface area contributed by atoms with Gasteiger partial charge in [-0.15, -0.1) is 0 Å². The first-order valence-electron chi connectivity index (χ1n) is 6.21. The van der Waals surface area contributed by atoms with E-state index in [1.807, 2.05) is 25.1 Å². The van der Waals surface area contributed by atoms with Crippen LogP contribution in [0.25, 0.3) is 0 Å². The molecule has 1 amide bonds. The van der Waals surface area contributed by atoms with Crippen LogP contribution < -0.4 is 11.1 Å². The van der Waals surface area contributed by atoms with Gasteiger partial charge in [-0.05, 0) is 24.8 Å². The maximum Gasteiger partial charge on any atom is 0.223 e. The zero-order chi connectivity index (χ0) is 13.1. The summed E-state index contributed by atoms with van der Waals surface area (Å²) in [5.41, 5.74) is 6.71. The van der Waals surface area contributed by atoms with Gasteiger partial charge >= 0.3 is 0 Å². The zero-order valence-corrected chi connectivity index (χ0v) is 11.2. The molecule has 3 atom stereocenters. The van der Waals surface area contributed by atoms with Crippen molar-refractivity contribution in [2.24, 2.45) is 11.7 Å². The molecular formula is C14H18N2OS. The van der Waals surface area contributed by atoms with Crippen LogP contribution in [0.3, 0.4) is 0 Å². The molecule has 3 N–H and O–H groups in total. The summed E-state index contributed by atoms with van der Waals surface area (Å²) in [6.07, 6.45) is 1.50. The maximum atomic E-state index is 12.0. The summed E-state index contributed by atoms with van der Waals surface area (Å²) < 4.78 is 0. The fourth-order valence-electron chi connectivity index (χ4n) is 2.26. The number of hydrogen-bond donors (Lipinski definition) is 2. The quantitative estimate of drug-likeness (QED) is 0.798. The smallest absolute Gasteiger partial charge is 0.223 e. The molecule has 0 radical (unpaired) electrons. The molecule has 0 heterocycles. The second kappa shape index (κ2) is 5.48. The third-order valence-electron chi connectivity index (χ3n) is 3.25. The Kier molecular flexibility index (Phi) is 3.97. The van der Waals surface area contributed by atoms with Gasteiger partial charge in [-0.2, -0.15) is 0 Å². The molecule has 1 fully saturated rings. The van der Waals surface area contributed by atoms with E-state index in [0.29, 0.717) is 17.3 Å². The SMILES string of the molecule is CC(CC(N)=S)NC(=O)C1CC1c1ccccc1. The summed E-state index contributed by atoms with van der Waals surface area (Å²) in [7, 11) is 0. The summed E-state index contributed by atoms with van der Waals surface area (Å²) in [5, 5.41) is 2.97. The fourth-order valence-corrected chi connectivity index (χ4v) is 2.51. The molecule has 0 spiro atoms. The van der Waals surface area contributed by atoms with Gasteiger partial charge in [0, 0.05) is 18.4 Å². The minimum absolute atomic E-state index is 0.0204. The van der Waals surface area contributed by atoms with Crippen LogP contribution in [0.2, 0.25) is 0 Å². The number of nitrogens with one attached hydrogen (secondary N) is 1. The third-order valence-corrected chi connectivity index (χ3v) is 3.42. The number of carbonyl (C=O) groups is 1. The van der Waals surface area contributed by atoms with Crippen LogP contribution in [0, 0.1) is 5.92 Å². The van der Waals surface area contributed by atoms with Crippen LogP contribution in [0.5, 0.6) is 0 Å². The predicted octanol–water partition coefficient (Wildman–Crippen LogP) is 1.97. The zero-order valence-electron chi connectivity index (χ0n) is 10.4. The van der Waals surface area contributed by atoms with Crippen LogP contribution >= 0.6 is 12.2 Å². The van der Waals surface area contributed by atoms with Gasteiger partial charge in [0.25, 0.3) is 0 Å². The number of benzene rings is 1. The van der Waals surface area contributed by atoms with E-state index in [1.165, 1.54) is 5.56 Å². The molecule has 1 aliphatic rings. The minimum Gasteiger partial charge on any atom is -0.393 e. The van der Waals surface area contributed by atoms with Crippen LogP contribution in [0.15, 0.2) is 30.3 Å². The molecule has 1 saturated carbocycles. The monoisotopic (exact) mass is 262 g/mol. The minimum atomic E-state index is 0.0204. The first-order valence-corrected chi connectivity index (χ1v) is 6.62. The highest BCUT2D eigenvalue weighted by atomic mass is 32.1. The molecule has 4 heteroatoms. The van der Waals surface area contributed by atoms with E-state index < -0.39 is 0 Å². The van der Waals surface area contributed by atoms with Crippen molar-refractivity contribution >= 4 is 23.1 Å². The molecular weight excluding hydrogens is 244 g/mol. The second-order valence-corrected chi connectivity index (χ2v) is 5.46. The number of hydrogen-bond acceptors (Lipinski definition) is 2. The topological polar surface area (TPSA) is 55.1 Å². The summed E-state index contributed by atoms with van der Waals surface area (Å²) >= 11 is 4.83. The Hall–Kier alpha value is -1.42. The van der Waals surface area contributed by atoms with Gasteiger partial charge in [-0.25, -0.2) is 0 Å². The lowest BCUT2D eigenvalue weighted by Gasteiger charge is -2.12. The highest BCUT2D eigenvalue weighted by molar-refractivity contribution is 7.80. The van der Waals surface area contributed by atoms with Crippen LogP contribution in [-0.4, -0.2) is 16.9 Å². The Bertz CT molecular complexity index is 446. The Morgan fingerprint density at radius 2 is 2.17 bits per heavy atom.